The number of hydrogen-bond donors (Lipinski definition) is 1. The Morgan fingerprint density at radius 2 is 1.80 bits per heavy atom. The fourth-order valence-electron chi connectivity index (χ4n) is 3.28. The molecule has 0 saturated carbocycles. The van der Waals surface area contributed by atoms with Crippen LogP contribution in [0.15, 0.2) is 35.2 Å². The highest BCUT2D eigenvalue weighted by Gasteiger charge is 2.35. The predicted octanol–water partition coefficient (Wildman–Crippen LogP) is 3.25. The van der Waals surface area contributed by atoms with Crippen LogP contribution in [0.3, 0.4) is 0 Å². The Balaban J connectivity index is 2.21. The minimum absolute atomic E-state index is 0.156. The Labute approximate surface area is 148 Å². The van der Waals surface area contributed by atoms with E-state index in [1.807, 2.05) is 32.9 Å². The zero-order valence-electron chi connectivity index (χ0n) is 14.9. The summed E-state index contributed by atoms with van der Waals surface area (Å²) in [4.78, 5) is 0.156. The van der Waals surface area contributed by atoms with Crippen LogP contribution in [0.25, 0.3) is 0 Å². The zero-order valence-corrected chi connectivity index (χ0v) is 15.7. The monoisotopic (exact) mass is 361 g/mol. The molecule has 0 spiro atoms. The predicted molar refractivity (Wildman–Crippen MR) is 97.8 cm³/mol. The minimum atomic E-state index is -3.81. The molecule has 0 amide bonds. The lowest BCUT2D eigenvalue weighted by Crippen LogP contribution is -2.37. The summed E-state index contributed by atoms with van der Waals surface area (Å²) in [7, 11) is -2.33. The van der Waals surface area contributed by atoms with E-state index in [4.69, 9.17) is 4.74 Å². The van der Waals surface area contributed by atoms with Crippen LogP contribution in [0, 0.1) is 20.8 Å². The zero-order chi connectivity index (χ0) is 18.4. The molecule has 0 aromatic heterocycles. The van der Waals surface area contributed by atoms with Crippen molar-refractivity contribution in [2.75, 3.05) is 18.0 Å². The fraction of sp³-hybridized carbons (Fsp3) is 0.368. The summed E-state index contributed by atoms with van der Waals surface area (Å²) in [6, 6.07) is 8.89. The van der Waals surface area contributed by atoms with Gasteiger partial charge in [-0.25, -0.2) is 8.42 Å². The lowest BCUT2D eigenvalue weighted by atomic mass is 9.98. The summed E-state index contributed by atoms with van der Waals surface area (Å²) in [5.41, 5.74) is 3.91. The summed E-state index contributed by atoms with van der Waals surface area (Å²) in [6.07, 6.45) is -0.286. The van der Waals surface area contributed by atoms with Crippen LogP contribution < -0.4 is 9.04 Å². The number of sulfonamides is 1. The Morgan fingerprint density at radius 1 is 1.12 bits per heavy atom. The lowest BCUT2D eigenvalue weighted by molar-refractivity contribution is 0.166. The first-order valence-corrected chi connectivity index (χ1v) is 9.67. The molecule has 1 unspecified atom stereocenters. The van der Waals surface area contributed by atoms with Crippen LogP contribution in [0.2, 0.25) is 0 Å². The number of rotatable bonds is 3. The normalized spacial score (nSPS) is 17.3. The first kappa shape index (κ1) is 17.8. The van der Waals surface area contributed by atoms with Gasteiger partial charge in [-0.05, 0) is 56.0 Å². The third-order valence-electron chi connectivity index (χ3n) is 4.83. The smallest absolute Gasteiger partial charge is 0.268 e. The molecule has 1 atom stereocenters. The van der Waals surface area contributed by atoms with Gasteiger partial charge in [0.2, 0.25) is 0 Å². The maximum absolute atomic E-state index is 13.4. The van der Waals surface area contributed by atoms with Crippen molar-refractivity contribution in [1.82, 2.24) is 0 Å². The van der Waals surface area contributed by atoms with Gasteiger partial charge in [-0.15, -0.1) is 0 Å². The van der Waals surface area contributed by atoms with Crippen LogP contribution in [0.1, 0.15) is 34.8 Å². The highest BCUT2D eigenvalue weighted by Crippen LogP contribution is 2.41. The number of para-hydroxylation sites is 1. The van der Waals surface area contributed by atoms with Gasteiger partial charge >= 0.3 is 0 Å². The molecule has 0 saturated heterocycles. The van der Waals surface area contributed by atoms with Gasteiger partial charge in [0.25, 0.3) is 10.0 Å². The van der Waals surface area contributed by atoms with E-state index in [1.165, 1.54) is 11.4 Å². The SMILES string of the molecule is COc1cc(C)c(C)cc1S(=O)(=O)N1CCC(O)c2cccc(C)c21. The number of anilines is 1. The van der Waals surface area contributed by atoms with E-state index < -0.39 is 16.1 Å². The maximum Gasteiger partial charge on any atom is 0.268 e. The van der Waals surface area contributed by atoms with Gasteiger partial charge in [-0.2, -0.15) is 0 Å². The Hall–Kier alpha value is -2.05. The lowest BCUT2D eigenvalue weighted by Gasteiger charge is -2.34. The molecule has 5 nitrogen and oxygen atoms in total. The van der Waals surface area contributed by atoms with Crippen molar-refractivity contribution in [1.29, 1.82) is 0 Å². The van der Waals surface area contributed by atoms with Gasteiger partial charge in [-0.3, -0.25) is 4.31 Å². The molecule has 0 fully saturated rings. The standard InChI is InChI=1S/C19H23NO4S/c1-12-6-5-7-15-16(21)8-9-20(19(12)15)25(22,23)18-11-14(3)13(2)10-17(18)24-4/h5-7,10-11,16,21H,8-9H2,1-4H3. The fourth-order valence-corrected chi connectivity index (χ4v) is 5.08. The molecule has 1 aliphatic heterocycles. The molecular formula is C19H23NO4S. The van der Waals surface area contributed by atoms with E-state index in [1.54, 1.807) is 18.2 Å². The maximum atomic E-state index is 13.4. The molecule has 2 aromatic carbocycles. The first-order valence-electron chi connectivity index (χ1n) is 8.23. The highest BCUT2D eigenvalue weighted by atomic mass is 32.2. The molecular weight excluding hydrogens is 338 g/mol. The first-order chi connectivity index (χ1) is 11.8. The van der Waals surface area contributed by atoms with E-state index in [0.717, 1.165) is 16.7 Å². The van der Waals surface area contributed by atoms with E-state index in [2.05, 4.69) is 0 Å². The molecule has 1 aliphatic rings. The Kier molecular flexibility index (Phi) is 4.51. The number of nitrogens with zero attached hydrogens (tertiary/aromatic N) is 1. The molecule has 0 radical (unpaired) electrons. The molecule has 25 heavy (non-hydrogen) atoms. The number of fused-ring (bicyclic) bond motifs is 1. The van der Waals surface area contributed by atoms with Crippen molar-refractivity contribution < 1.29 is 18.3 Å². The molecule has 0 aliphatic carbocycles. The minimum Gasteiger partial charge on any atom is -0.495 e. The third kappa shape index (κ3) is 2.89. The van der Waals surface area contributed by atoms with E-state index in [-0.39, 0.29) is 11.4 Å². The van der Waals surface area contributed by atoms with E-state index in [9.17, 15) is 13.5 Å². The van der Waals surface area contributed by atoms with Gasteiger partial charge in [0.1, 0.15) is 10.6 Å². The topological polar surface area (TPSA) is 66.8 Å². The van der Waals surface area contributed by atoms with Crippen LogP contribution >= 0.6 is 0 Å². The molecule has 134 valence electrons. The number of methoxy groups -OCH3 is 1. The van der Waals surface area contributed by atoms with Crippen molar-refractivity contribution in [3.63, 3.8) is 0 Å². The molecule has 2 aromatic rings. The number of aliphatic hydroxyl groups is 1. The molecule has 0 bridgehead atoms. The number of aliphatic hydroxyl groups excluding tert-OH is 1. The van der Waals surface area contributed by atoms with Gasteiger partial charge in [0, 0.05) is 12.1 Å². The molecule has 1 N–H and O–H groups in total. The number of hydrogen-bond acceptors (Lipinski definition) is 4. The summed E-state index contributed by atoms with van der Waals surface area (Å²) < 4.78 is 33.6. The average Bonchev–Trinajstić information content (AvgIpc) is 2.57. The second-order valence-electron chi connectivity index (χ2n) is 6.48. The Bertz CT molecular complexity index is 921. The summed E-state index contributed by atoms with van der Waals surface area (Å²) in [5, 5.41) is 10.3. The Morgan fingerprint density at radius 3 is 2.48 bits per heavy atom. The van der Waals surface area contributed by atoms with Crippen LogP contribution in [0.5, 0.6) is 5.75 Å². The van der Waals surface area contributed by atoms with Crippen molar-refractivity contribution >= 4 is 15.7 Å². The second kappa shape index (κ2) is 6.35. The quantitative estimate of drug-likeness (QED) is 0.911. The average molecular weight is 361 g/mol. The van der Waals surface area contributed by atoms with Crippen molar-refractivity contribution in [2.24, 2.45) is 0 Å². The largest absolute Gasteiger partial charge is 0.495 e. The number of ether oxygens (including phenoxy) is 1. The van der Waals surface area contributed by atoms with E-state index in [0.29, 0.717) is 23.4 Å². The summed E-state index contributed by atoms with van der Waals surface area (Å²) in [6.45, 7) is 5.90. The van der Waals surface area contributed by atoms with Crippen LogP contribution in [0.4, 0.5) is 5.69 Å². The molecule has 1 heterocycles. The summed E-state index contributed by atoms with van der Waals surface area (Å²) in [5.74, 6) is 0.337. The van der Waals surface area contributed by atoms with Crippen molar-refractivity contribution in [3.05, 3.63) is 52.6 Å². The van der Waals surface area contributed by atoms with Crippen LogP contribution in [-0.4, -0.2) is 27.2 Å². The van der Waals surface area contributed by atoms with Crippen molar-refractivity contribution in [3.8, 4) is 5.75 Å². The van der Waals surface area contributed by atoms with Crippen molar-refractivity contribution in [2.45, 2.75) is 38.2 Å². The third-order valence-corrected chi connectivity index (χ3v) is 6.65. The van der Waals surface area contributed by atoms with E-state index >= 15 is 0 Å². The van der Waals surface area contributed by atoms with Gasteiger partial charge in [0.15, 0.2) is 0 Å². The number of aryl methyl sites for hydroxylation is 3. The van der Waals surface area contributed by atoms with Gasteiger partial charge in [0.05, 0.1) is 18.9 Å². The molecule has 6 heteroatoms. The van der Waals surface area contributed by atoms with Gasteiger partial charge in [-0.1, -0.05) is 18.2 Å². The van der Waals surface area contributed by atoms with Crippen LogP contribution in [-0.2, 0) is 10.0 Å². The second-order valence-corrected chi connectivity index (χ2v) is 8.31. The highest BCUT2D eigenvalue weighted by molar-refractivity contribution is 7.93. The number of benzene rings is 2. The van der Waals surface area contributed by atoms with Gasteiger partial charge < -0.3 is 9.84 Å². The summed E-state index contributed by atoms with van der Waals surface area (Å²) >= 11 is 0. The molecule has 3 rings (SSSR count).